The zero-order chi connectivity index (χ0) is 24.1. The molecule has 0 saturated carbocycles. The molecule has 2 aromatic carbocycles. The van der Waals surface area contributed by atoms with E-state index < -0.39 is 17.7 Å². The van der Waals surface area contributed by atoms with Crippen molar-refractivity contribution in [3.05, 3.63) is 71.8 Å². The third-order valence-corrected chi connectivity index (χ3v) is 5.64. The molecular formula is C26H27NO7. The van der Waals surface area contributed by atoms with E-state index in [0.717, 1.165) is 0 Å². The molecule has 1 atom stereocenters. The first-order valence-electron chi connectivity index (χ1n) is 11.1. The van der Waals surface area contributed by atoms with Gasteiger partial charge in [-0.05, 0) is 42.3 Å². The van der Waals surface area contributed by atoms with Gasteiger partial charge in [-0.3, -0.25) is 9.59 Å². The highest BCUT2D eigenvalue weighted by Crippen LogP contribution is 2.41. The van der Waals surface area contributed by atoms with Crippen molar-refractivity contribution in [3.8, 4) is 17.2 Å². The van der Waals surface area contributed by atoms with Gasteiger partial charge in [-0.2, -0.15) is 0 Å². The summed E-state index contributed by atoms with van der Waals surface area (Å²) in [5.74, 6) is -0.0801. The summed E-state index contributed by atoms with van der Waals surface area (Å²) in [5, 5.41) is 11.3. The summed E-state index contributed by atoms with van der Waals surface area (Å²) in [6.07, 6.45) is 2.17. The van der Waals surface area contributed by atoms with Crippen molar-refractivity contribution >= 4 is 17.4 Å². The Morgan fingerprint density at radius 2 is 1.97 bits per heavy atom. The molecule has 8 heteroatoms. The molecule has 0 bridgehead atoms. The van der Waals surface area contributed by atoms with Crippen molar-refractivity contribution in [2.75, 3.05) is 40.1 Å². The average Bonchev–Trinajstić information content (AvgIpc) is 3.12. The lowest BCUT2D eigenvalue weighted by atomic mass is 9.95. The minimum absolute atomic E-state index is 0.0139. The number of aliphatic hydroxyl groups is 1. The number of nitrogens with zero attached hydrogens (tertiary/aromatic N) is 1. The van der Waals surface area contributed by atoms with Crippen LogP contribution in [0.1, 0.15) is 23.6 Å². The maximum atomic E-state index is 13.2. The van der Waals surface area contributed by atoms with Crippen molar-refractivity contribution < 1.29 is 33.6 Å². The number of likely N-dealkylation sites (tertiary alicyclic amines) is 1. The second kappa shape index (κ2) is 10.4. The van der Waals surface area contributed by atoms with Crippen molar-refractivity contribution in [1.29, 1.82) is 0 Å². The van der Waals surface area contributed by atoms with E-state index in [1.165, 1.54) is 4.90 Å². The fourth-order valence-electron chi connectivity index (χ4n) is 4.11. The van der Waals surface area contributed by atoms with Crippen molar-refractivity contribution in [2.45, 2.75) is 12.5 Å². The predicted molar refractivity (Wildman–Crippen MR) is 125 cm³/mol. The Morgan fingerprint density at radius 3 is 2.74 bits per heavy atom. The molecule has 0 aliphatic carbocycles. The summed E-state index contributed by atoms with van der Waals surface area (Å²) in [6, 6.07) is 11.3. The number of carbonyl (C=O) groups excluding carboxylic acids is 2. The van der Waals surface area contributed by atoms with E-state index in [1.807, 2.05) is 0 Å². The number of rotatable bonds is 9. The molecule has 4 rings (SSSR count). The second-order valence-corrected chi connectivity index (χ2v) is 7.87. The molecule has 1 unspecified atom stereocenters. The van der Waals surface area contributed by atoms with Gasteiger partial charge in [-0.1, -0.05) is 24.8 Å². The molecule has 1 amide bonds. The molecule has 0 aromatic heterocycles. The molecule has 0 spiro atoms. The molecule has 178 valence electrons. The zero-order valence-corrected chi connectivity index (χ0v) is 19.0. The monoisotopic (exact) mass is 465 g/mol. The van der Waals surface area contributed by atoms with Gasteiger partial charge in [0.05, 0.1) is 11.6 Å². The van der Waals surface area contributed by atoms with Crippen LogP contribution in [0.5, 0.6) is 17.2 Å². The van der Waals surface area contributed by atoms with Gasteiger partial charge in [0.25, 0.3) is 11.7 Å². The van der Waals surface area contributed by atoms with Crippen LogP contribution in [0.3, 0.4) is 0 Å². The quantitative estimate of drug-likeness (QED) is 0.199. The first kappa shape index (κ1) is 23.4. The van der Waals surface area contributed by atoms with Crippen LogP contribution in [0.2, 0.25) is 0 Å². The number of hydrogen-bond donors (Lipinski definition) is 1. The number of ether oxygens (including phenoxy) is 4. The van der Waals surface area contributed by atoms with E-state index in [9.17, 15) is 14.7 Å². The normalized spacial score (nSPS) is 18.7. The van der Waals surface area contributed by atoms with Crippen molar-refractivity contribution in [1.82, 2.24) is 4.90 Å². The van der Waals surface area contributed by atoms with E-state index in [2.05, 4.69) is 6.58 Å². The van der Waals surface area contributed by atoms with Gasteiger partial charge in [-0.15, -0.1) is 0 Å². The molecule has 34 heavy (non-hydrogen) atoms. The standard InChI is InChI=1S/C26H27NO7/c1-3-11-32-19-7-4-6-17(15-19)23-22(25(29)26(30)27(23)10-5-12-31-2)24(28)18-8-9-20-21(16-18)34-14-13-33-20/h3-4,6-9,15-16,23,28H,1,5,10-14H2,2H3. The molecule has 1 N–H and O–H groups in total. The van der Waals surface area contributed by atoms with Crippen LogP contribution in [0, 0.1) is 0 Å². The molecule has 2 aliphatic rings. The number of aliphatic hydroxyl groups excluding tert-OH is 1. The lowest BCUT2D eigenvalue weighted by Crippen LogP contribution is -2.31. The van der Waals surface area contributed by atoms with Crippen LogP contribution in [0.25, 0.3) is 5.76 Å². The Labute approximate surface area is 198 Å². The summed E-state index contributed by atoms with van der Waals surface area (Å²) in [4.78, 5) is 27.6. The third-order valence-electron chi connectivity index (χ3n) is 5.64. The molecule has 2 aliphatic heterocycles. The Morgan fingerprint density at radius 1 is 1.18 bits per heavy atom. The van der Waals surface area contributed by atoms with E-state index in [0.29, 0.717) is 67.8 Å². The third kappa shape index (κ3) is 4.63. The lowest BCUT2D eigenvalue weighted by Gasteiger charge is -2.25. The summed E-state index contributed by atoms with van der Waals surface area (Å²) < 4.78 is 21.9. The van der Waals surface area contributed by atoms with Crippen LogP contribution in [0.4, 0.5) is 0 Å². The molecular weight excluding hydrogens is 438 g/mol. The largest absolute Gasteiger partial charge is 0.507 e. The molecule has 1 saturated heterocycles. The van der Waals surface area contributed by atoms with Crippen molar-refractivity contribution in [3.63, 3.8) is 0 Å². The molecule has 2 heterocycles. The minimum Gasteiger partial charge on any atom is -0.507 e. The number of carbonyl (C=O) groups is 2. The van der Waals surface area contributed by atoms with Crippen LogP contribution in [-0.2, 0) is 14.3 Å². The van der Waals surface area contributed by atoms with Gasteiger partial charge < -0.3 is 29.0 Å². The van der Waals surface area contributed by atoms with E-state index in [4.69, 9.17) is 18.9 Å². The van der Waals surface area contributed by atoms with Gasteiger partial charge in [-0.25, -0.2) is 0 Å². The Bertz CT molecular complexity index is 1120. The number of fused-ring (bicyclic) bond motifs is 1. The van der Waals surface area contributed by atoms with Crippen LogP contribution < -0.4 is 14.2 Å². The second-order valence-electron chi connectivity index (χ2n) is 7.87. The highest BCUT2D eigenvalue weighted by molar-refractivity contribution is 6.46. The predicted octanol–water partition coefficient (Wildman–Crippen LogP) is 3.48. The summed E-state index contributed by atoms with van der Waals surface area (Å²) in [7, 11) is 1.58. The summed E-state index contributed by atoms with van der Waals surface area (Å²) >= 11 is 0. The van der Waals surface area contributed by atoms with Gasteiger partial charge in [0.15, 0.2) is 11.5 Å². The highest BCUT2D eigenvalue weighted by Gasteiger charge is 2.46. The Balaban J connectivity index is 1.79. The Hall–Kier alpha value is -3.78. The van der Waals surface area contributed by atoms with Gasteiger partial charge in [0.1, 0.15) is 31.3 Å². The highest BCUT2D eigenvalue weighted by atomic mass is 16.6. The maximum absolute atomic E-state index is 13.2. The van der Waals surface area contributed by atoms with Gasteiger partial charge in [0.2, 0.25) is 0 Å². The Kier molecular flexibility index (Phi) is 7.18. The fraction of sp³-hybridized carbons (Fsp3) is 0.308. The number of methoxy groups -OCH3 is 1. The van der Waals surface area contributed by atoms with Crippen LogP contribution in [0.15, 0.2) is 60.7 Å². The van der Waals surface area contributed by atoms with Gasteiger partial charge >= 0.3 is 0 Å². The van der Waals surface area contributed by atoms with E-state index in [1.54, 1.807) is 55.7 Å². The number of ketones is 1. The smallest absolute Gasteiger partial charge is 0.295 e. The summed E-state index contributed by atoms with van der Waals surface area (Å²) in [5.41, 5.74) is 1.03. The van der Waals surface area contributed by atoms with Crippen molar-refractivity contribution in [2.24, 2.45) is 0 Å². The molecule has 2 aromatic rings. The maximum Gasteiger partial charge on any atom is 0.295 e. The molecule has 8 nitrogen and oxygen atoms in total. The first-order chi connectivity index (χ1) is 16.5. The topological polar surface area (TPSA) is 94.5 Å². The number of benzene rings is 2. The van der Waals surface area contributed by atoms with E-state index in [-0.39, 0.29) is 11.3 Å². The SMILES string of the molecule is C=CCOc1cccc(C2C(=C(O)c3ccc4c(c3)OCCO4)C(=O)C(=O)N2CCCOC)c1. The molecule has 1 fully saturated rings. The average molecular weight is 466 g/mol. The number of hydrogen-bond acceptors (Lipinski definition) is 7. The van der Waals surface area contributed by atoms with Gasteiger partial charge in [0, 0.05) is 25.8 Å². The fourth-order valence-corrected chi connectivity index (χ4v) is 4.11. The lowest BCUT2D eigenvalue weighted by molar-refractivity contribution is -0.140. The minimum atomic E-state index is -0.780. The van der Waals surface area contributed by atoms with Crippen LogP contribution >= 0.6 is 0 Å². The number of amides is 1. The first-order valence-corrected chi connectivity index (χ1v) is 11.1. The number of Topliss-reactive ketones (excluding diaryl/α,β-unsaturated/α-hetero) is 1. The van der Waals surface area contributed by atoms with Crippen LogP contribution in [-0.4, -0.2) is 61.8 Å². The van der Waals surface area contributed by atoms with E-state index >= 15 is 0 Å². The zero-order valence-electron chi connectivity index (χ0n) is 19.0. The molecule has 0 radical (unpaired) electrons. The summed E-state index contributed by atoms with van der Waals surface area (Å²) in [6.45, 7) is 5.52.